The summed E-state index contributed by atoms with van der Waals surface area (Å²) in [5.41, 5.74) is 3.28. The first kappa shape index (κ1) is 17.3. The lowest BCUT2D eigenvalue weighted by molar-refractivity contribution is 0.934. The molecule has 0 unspecified atom stereocenters. The molecule has 4 aromatic rings. The van der Waals surface area contributed by atoms with Gasteiger partial charge < -0.3 is 0 Å². The Hall–Kier alpha value is -3.17. The summed E-state index contributed by atoms with van der Waals surface area (Å²) in [6, 6.07) is 22.8. The molecule has 3 aromatic carbocycles. The molecular formula is C23H17ClN2O. The number of aryl methyl sites for hydroxylation is 1. The fraction of sp³-hybridized carbons (Fsp3) is 0.0435. The van der Waals surface area contributed by atoms with Gasteiger partial charge in [0.15, 0.2) is 0 Å². The fourth-order valence-electron chi connectivity index (χ4n) is 3.05. The predicted octanol–water partition coefficient (Wildman–Crippen LogP) is 5.52. The number of fused-ring (bicyclic) bond motifs is 1. The van der Waals surface area contributed by atoms with Crippen molar-refractivity contribution in [2.24, 2.45) is 0 Å². The molecule has 0 atom stereocenters. The van der Waals surface area contributed by atoms with Gasteiger partial charge in [-0.3, -0.25) is 9.36 Å². The first-order chi connectivity index (χ1) is 13.1. The minimum absolute atomic E-state index is 0.112. The van der Waals surface area contributed by atoms with E-state index < -0.39 is 0 Å². The van der Waals surface area contributed by atoms with Crippen LogP contribution < -0.4 is 5.56 Å². The lowest BCUT2D eigenvalue weighted by atomic mass is 10.1. The van der Waals surface area contributed by atoms with Gasteiger partial charge in [-0.1, -0.05) is 66.2 Å². The quantitative estimate of drug-likeness (QED) is 0.474. The number of hydrogen-bond donors (Lipinski definition) is 0. The summed E-state index contributed by atoms with van der Waals surface area (Å²) in [4.78, 5) is 18.0. The van der Waals surface area contributed by atoms with Gasteiger partial charge in [-0.05, 0) is 48.4 Å². The summed E-state index contributed by atoms with van der Waals surface area (Å²) in [6.45, 7) is 1.96. The highest BCUT2D eigenvalue weighted by molar-refractivity contribution is 6.30. The average Bonchev–Trinajstić information content (AvgIpc) is 2.69. The predicted molar refractivity (Wildman–Crippen MR) is 112 cm³/mol. The average molecular weight is 373 g/mol. The van der Waals surface area contributed by atoms with E-state index in [1.807, 2.05) is 79.7 Å². The van der Waals surface area contributed by atoms with Crippen molar-refractivity contribution < 1.29 is 0 Å². The summed E-state index contributed by atoms with van der Waals surface area (Å²) >= 11 is 6.21. The Morgan fingerprint density at radius 2 is 1.67 bits per heavy atom. The molecule has 1 heterocycles. The molecule has 3 nitrogen and oxygen atoms in total. The summed E-state index contributed by atoms with van der Waals surface area (Å²) < 4.78 is 1.63. The Morgan fingerprint density at radius 1 is 0.926 bits per heavy atom. The van der Waals surface area contributed by atoms with Crippen LogP contribution in [0.3, 0.4) is 0 Å². The Morgan fingerprint density at radius 3 is 2.48 bits per heavy atom. The fourth-order valence-corrected chi connectivity index (χ4v) is 3.22. The number of aromatic nitrogens is 2. The molecule has 4 heteroatoms. The summed E-state index contributed by atoms with van der Waals surface area (Å²) in [6.07, 6.45) is 3.82. The van der Waals surface area contributed by atoms with Crippen LogP contribution in [0.1, 0.15) is 17.0 Å². The Labute approximate surface area is 162 Å². The molecule has 27 heavy (non-hydrogen) atoms. The second-order valence-corrected chi connectivity index (χ2v) is 6.74. The SMILES string of the molecule is Cc1ccc(Cl)cc1-n1c(C=Cc2ccccc2)nc2ccccc2c1=O. The van der Waals surface area contributed by atoms with E-state index in [-0.39, 0.29) is 5.56 Å². The van der Waals surface area contributed by atoms with Gasteiger partial charge in [-0.2, -0.15) is 0 Å². The van der Waals surface area contributed by atoms with Crippen molar-refractivity contribution in [2.75, 3.05) is 0 Å². The second kappa shape index (κ2) is 7.22. The molecule has 0 spiro atoms. The van der Waals surface area contributed by atoms with E-state index in [0.29, 0.717) is 21.7 Å². The summed E-state index contributed by atoms with van der Waals surface area (Å²) in [5, 5.41) is 1.15. The number of benzene rings is 3. The first-order valence-corrected chi connectivity index (χ1v) is 9.03. The molecule has 0 aliphatic rings. The first-order valence-electron chi connectivity index (χ1n) is 8.65. The Bertz CT molecular complexity index is 1210. The molecule has 0 saturated carbocycles. The standard InChI is InChI=1S/C23H17ClN2O/c1-16-11-13-18(24)15-21(16)26-22(14-12-17-7-3-2-4-8-17)25-20-10-6-5-9-19(20)23(26)27/h2-15H,1H3. The van der Waals surface area contributed by atoms with Crippen LogP contribution in [0.2, 0.25) is 5.02 Å². The number of rotatable bonds is 3. The van der Waals surface area contributed by atoms with Gasteiger partial charge in [0.1, 0.15) is 5.82 Å². The smallest absolute Gasteiger partial charge is 0.266 e. The maximum Gasteiger partial charge on any atom is 0.266 e. The lowest BCUT2D eigenvalue weighted by Gasteiger charge is -2.14. The highest BCUT2D eigenvalue weighted by Crippen LogP contribution is 2.21. The monoisotopic (exact) mass is 372 g/mol. The van der Waals surface area contributed by atoms with Gasteiger partial charge in [-0.25, -0.2) is 4.98 Å². The van der Waals surface area contributed by atoms with Gasteiger partial charge in [-0.15, -0.1) is 0 Å². The molecule has 0 aliphatic heterocycles. The molecule has 0 aliphatic carbocycles. The number of nitrogens with zero attached hydrogens (tertiary/aromatic N) is 2. The van der Waals surface area contributed by atoms with Crippen molar-refractivity contribution in [3.8, 4) is 5.69 Å². The number of halogens is 1. The minimum atomic E-state index is -0.112. The van der Waals surface area contributed by atoms with Crippen molar-refractivity contribution in [3.63, 3.8) is 0 Å². The molecule has 0 amide bonds. The summed E-state index contributed by atoms with van der Waals surface area (Å²) in [5.74, 6) is 0.563. The van der Waals surface area contributed by atoms with Crippen molar-refractivity contribution in [3.05, 3.63) is 105 Å². The van der Waals surface area contributed by atoms with Crippen molar-refractivity contribution in [1.82, 2.24) is 9.55 Å². The molecule has 0 saturated heterocycles. The van der Waals surface area contributed by atoms with Crippen molar-refractivity contribution in [2.45, 2.75) is 6.92 Å². The van der Waals surface area contributed by atoms with Gasteiger partial charge in [0.2, 0.25) is 0 Å². The topological polar surface area (TPSA) is 34.9 Å². The van der Waals surface area contributed by atoms with E-state index in [4.69, 9.17) is 16.6 Å². The zero-order chi connectivity index (χ0) is 18.8. The third kappa shape index (κ3) is 3.42. The van der Waals surface area contributed by atoms with Crippen molar-refractivity contribution >= 4 is 34.7 Å². The number of para-hydroxylation sites is 1. The van der Waals surface area contributed by atoms with Crippen LogP contribution in [0.5, 0.6) is 0 Å². The van der Waals surface area contributed by atoms with E-state index in [0.717, 1.165) is 16.8 Å². The van der Waals surface area contributed by atoms with Crippen LogP contribution in [0, 0.1) is 6.92 Å². The molecular weight excluding hydrogens is 356 g/mol. The van der Waals surface area contributed by atoms with Crippen LogP contribution in [-0.4, -0.2) is 9.55 Å². The van der Waals surface area contributed by atoms with Crippen LogP contribution in [0.4, 0.5) is 0 Å². The highest BCUT2D eigenvalue weighted by Gasteiger charge is 2.13. The van der Waals surface area contributed by atoms with E-state index in [2.05, 4.69) is 0 Å². The van der Waals surface area contributed by atoms with Crippen LogP contribution >= 0.6 is 11.6 Å². The maximum atomic E-state index is 13.3. The van der Waals surface area contributed by atoms with Gasteiger partial charge >= 0.3 is 0 Å². The van der Waals surface area contributed by atoms with Gasteiger partial charge in [0.25, 0.3) is 5.56 Å². The molecule has 1 aromatic heterocycles. The molecule has 0 radical (unpaired) electrons. The largest absolute Gasteiger partial charge is 0.268 e. The number of hydrogen-bond acceptors (Lipinski definition) is 2. The Kier molecular flexibility index (Phi) is 4.61. The third-order valence-electron chi connectivity index (χ3n) is 4.44. The zero-order valence-corrected chi connectivity index (χ0v) is 15.5. The van der Waals surface area contributed by atoms with Gasteiger partial charge in [0, 0.05) is 5.02 Å². The normalized spacial score (nSPS) is 11.3. The minimum Gasteiger partial charge on any atom is -0.268 e. The van der Waals surface area contributed by atoms with Crippen molar-refractivity contribution in [1.29, 1.82) is 0 Å². The maximum absolute atomic E-state index is 13.3. The second-order valence-electron chi connectivity index (χ2n) is 6.30. The zero-order valence-electron chi connectivity index (χ0n) is 14.8. The molecule has 0 N–H and O–H groups in total. The summed E-state index contributed by atoms with van der Waals surface area (Å²) in [7, 11) is 0. The van der Waals surface area contributed by atoms with E-state index in [9.17, 15) is 4.79 Å². The van der Waals surface area contributed by atoms with Gasteiger partial charge in [0.05, 0.1) is 16.6 Å². The van der Waals surface area contributed by atoms with Crippen LogP contribution in [0.25, 0.3) is 28.7 Å². The molecule has 4 rings (SSSR count). The molecule has 0 fully saturated rings. The van der Waals surface area contributed by atoms with Crippen LogP contribution in [-0.2, 0) is 0 Å². The third-order valence-corrected chi connectivity index (χ3v) is 4.67. The Balaban J connectivity index is 2.00. The highest BCUT2D eigenvalue weighted by atomic mass is 35.5. The molecule has 132 valence electrons. The van der Waals surface area contributed by atoms with Crippen LogP contribution in [0.15, 0.2) is 77.6 Å². The lowest BCUT2D eigenvalue weighted by Crippen LogP contribution is -2.23. The van der Waals surface area contributed by atoms with E-state index in [1.165, 1.54) is 0 Å². The van der Waals surface area contributed by atoms with E-state index >= 15 is 0 Å². The van der Waals surface area contributed by atoms with E-state index in [1.54, 1.807) is 16.7 Å². The molecule has 0 bridgehead atoms.